The number of para-hydroxylation sites is 2. The number of aliphatic carboxylic acids is 1. The van der Waals surface area contributed by atoms with Crippen LogP contribution in [0.4, 0.5) is 11.4 Å². The standard InChI is InChI=1S/C25H22N2O5/c28-23(29)13-16-4-3-5-18(12-16)27-24(30)17-8-10-19(11-9-17)31-22-14-25(22)15-26-20-6-1-2-7-21(20)32-25/h1-12,22,26H,13-15H2,(H,27,30)(H,28,29)/t22-,25?/m0/s1. The van der Waals surface area contributed by atoms with Gasteiger partial charge in [-0.1, -0.05) is 24.3 Å². The number of fused-ring (bicyclic) bond motifs is 1. The van der Waals surface area contributed by atoms with Gasteiger partial charge >= 0.3 is 5.97 Å². The molecule has 32 heavy (non-hydrogen) atoms. The van der Waals surface area contributed by atoms with Crippen molar-refractivity contribution in [1.82, 2.24) is 0 Å². The minimum Gasteiger partial charge on any atom is -0.486 e. The van der Waals surface area contributed by atoms with Crippen molar-refractivity contribution in [3.63, 3.8) is 0 Å². The first-order chi connectivity index (χ1) is 15.5. The van der Waals surface area contributed by atoms with Crippen LogP contribution in [0.25, 0.3) is 0 Å². The second-order valence-electron chi connectivity index (χ2n) is 8.08. The van der Waals surface area contributed by atoms with Crippen molar-refractivity contribution >= 4 is 23.3 Å². The summed E-state index contributed by atoms with van der Waals surface area (Å²) in [5, 5.41) is 15.1. The van der Waals surface area contributed by atoms with Crippen LogP contribution in [0, 0.1) is 0 Å². The number of carboxylic acid groups (broad SMARTS) is 1. The van der Waals surface area contributed by atoms with Gasteiger partial charge in [-0.05, 0) is 54.1 Å². The Hall–Kier alpha value is -4.00. The topological polar surface area (TPSA) is 96.9 Å². The number of hydrogen-bond acceptors (Lipinski definition) is 5. The lowest BCUT2D eigenvalue weighted by molar-refractivity contribution is -0.136. The largest absolute Gasteiger partial charge is 0.486 e. The Morgan fingerprint density at radius 3 is 2.72 bits per heavy atom. The Morgan fingerprint density at radius 1 is 1.09 bits per heavy atom. The molecule has 1 aliphatic heterocycles. The Kier molecular flexibility index (Phi) is 4.93. The van der Waals surface area contributed by atoms with E-state index in [2.05, 4.69) is 10.6 Å². The monoisotopic (exact) mass is 430 g/mol. The Labute approximate surface area is 185 Å². The fraction of sp³-hybridized carbons (Fsp3) is 0.200. The van der Waals surface area contributed by atoms with Gasteiger partial charge in [0.25, 0.3) is 5.91 Å². The van der Waals surface area contributed by atoms with Crippen LogP contribution in [-0.2, 0) is 11.2 Å². The molecule has 3 N–H and O–H groups in total. The minimum atomic E-state index is -0.917. The summed E-state index contributed by atoms with van der Waals surface area (Å²) in [5.74, 6) is 0.321. The average Bonchev–Trinajstić information content (AvgIpc) is 3.44. The van der Waals surface area contributed by atoms with Crippen LogP contribution in [-0.4, -0.2) is 35.2 Å². The van der Waals surface area contributed by atoms with E-state index in [0.717, 1.165) is 17.9 Å². The molecule has 7 heteroatoms. The number of nitrogens with one attached hydrogen (secondary N) is 2. The predicted molar refractivity (Wildman–Crippen MR) is 120 cm³/mol. The minimum absolute atomic E-state index is 0.0555. The molecule has 2 atom stereocenters. The summed E-state index contributed by atoms with van der Waals surface area (Å²) >= 11 is 0. The maximum Gasteiger partial charge on any atom is 0.307 e. The van der Waals surface area contributed by atoms with Gasteiger partial charge in [-0.3, -0.25) is 9.59 Å². The normalized spacial score (nSPS) is 20.4. The number of carbonyl (C=O) groups excluding carboxylic acids is 1. The van der Waals surface area contributed by atoms with Crippen LogP contribution < -0.4 is 20.1 Å². The van der Waals surface area contributed by atoms with E-state index < -0.39 is 5.97 Å². The quantitative estimate of drug-likeness (QED) is 0.548. The average molecular weight is 430 g/mol. The smallest absolute Gasteiger partial charge is 0.307 e. The SMILES string of the molecule is O=C(O)Cc1cccc(NC(=O)c2ccc(O[C@H]3CC34CNc3ccccc3O4)cc2)c1. The number of anilines is 2. The summed E-state index contributed by atoms with van der Waals surface area (Å²) in [5.41, 5.74) is 2.30. The van der Waals surface area contributed by atoms with E-state index in [9.17, 15) is 9.59 Å². The number of ether oxygens (including phenoxy) is 2. The van der Waals surface area contributed by atoms with Gasteiger partial charge in [0.15, 0.2) is 5.60 Å². The van der Waals surface area contributed by atoms with Gasteiger partial charge in [0.1, 0.15) is 17.6 Å². The molecule has 1 heterocycles. The van der Waals surface area contributed by atoms with Crippen molar-refractivity contribution in [2.45, 2.75) is 24.5 Å². The number of amides is 1. The fourth-order valence-corrected chi connectivity index (χ4v) is 3.89. The molecular weight excluding hydrogens is 408 g/mol. The summed E-state index contributed by atoms with van der Waals surface area (Å²) in [6.45, 7) is 0.691. The highest BCUT2D eigenvalue weighted by Crippen LogP contribution is 2.47. The first-order valence-electron chi connectivity index (χ1n) is 10.4. The van der Waals surface area contributed by atoms with E-state index in [-0.39, 0.29) is 24.0 Å². The van der Waals surface area contributed by atoms with Gasteiger partial charge in [0.2, 0.25) is 0 Å². The molecule has 1 fully saturated rings. The molecule has 162 valence electrons. The summed E-state index contributed by atoms with van der Waals surface area (Å²) in [7, 11) is 0. The van der Waals surface area contributed by atoms with Crippen LogP contribution in [0.3, 0.4) is 0 Å². The van der Waals surface area contributed by atoms with Gasteiger partial charge in [-0.25, -0.2) is 0 Å². The lowest BCUT2D eigenvalue weighted by Gasteiger charge is -2.28. The zero-order valence-corrected chi connectivity index (χ0v) is 17.2. The number of hydrogen-bond donors (Lipinski definition) is 3. The highest BCUT2D eigenvalue weighted by molar-refractivity contribution is 6.04. The van der Waals surface area contributed by atoms with E-state index in [1.807, 2.05) is 24.3 Å². The second kappa shape index (κ2) is 7.92. The van der Waals surface area contributed by atoms with Crippen LogP contribution in [0.2, 0.25) is 0 Å². The number of carboxylic acids is 1. The fourth-order valence-electron chi connectivity index (χ4n) is 3.89. The van der Waals surface area contributed by atoms with Gasteiger partial charge in [0.05, 0.1) is 18.7 Å². The Morgan fingerprint density at radius 2 is 1.91 bits per heavy atom. The molecular formula is C25H22N2O5. The molecule has 2 aliphatic rings. The van der Waals surface area contributed by atoms with E-state index >= 15 is 0 Å². The van der Waals surface area contributed by atoms with Crippen molar-refractivity contribution in [3.8, 4) is 11.5 Å². The molecule has 1 unspecified atom stereocenters. The van der Waals surface area contributed by atoms with Gasteiger partial charge < -0.3 is 25.2 Å². The zero-order valence-electron chi connectivity index (χ0n) is 17.2. The number of carbonyl (C=O) groups is 2. The van der Waals surface area contributed by atoms with Gasteiger partial charge in [0, 0.05) is 17.7 Å². The lowest BCUT2D eigenvalue weighted by Crippen LogP contribution is -2.37. The molecule has 1 amide bonds. The van der Waals surface area contributed by atoms with Gasteiger partial charge in [-0.2, -0.15) is 0 Å². The Balaban J connectivity index is 1.19. The van der Waals surface area contributed by atoms with Crippen LogP contribution in [0.5, 0.6) is 11.5 Å². The molecule has 3 aromatic carbocycles. The van der Waals surface area contributed by atoms with E-state index in [1.54, 1.807) is 48.5 Å². The zero-order chi connectivity index (χ0) is 22.1. The van der Waals surface area contributed by atoms with Crippen LogP contribution in [0.15, 0.2) is 72.8 Å². The summed E-state index contributed by atoms with van der Waals surface area (Å²) in [6, 6.07) is 21.6. The molecule has 3 aromatic rings. The number of benzene rings is 3. The highest BCUT2D eigenvalue weighted by atomic mass is 16.6. The Bertz CT molecular complexity index is 1180. The third kappa shape index (κ3) is 4.09. The third-order valence-corrected chi connectivity index (χ3v) is 5.67. The highest BCUT2D eigenvalue weighted by Gasteiger charge is 2.61. The van der Waals surface area contributed by atoms with Crippen molar-refractivity contribution in [2.75, 3.05) is 17.2 Å². The van der Waals surface area contributed by atoms with Crippen molar-refractivity contribution in [1.29, 1.82) is 0 Å². The lowest BCUT2D eigenvalue weighted by atomic mass is 10.1. The van der Waals surface area contributed by atoms with Crippen LogP contribution in [0.1, 0.15) is 22.3 Å². The van der Waals surface area contributed by atoms with Crippen molar-refractivity contribution < 1.29 is 24.2 Å². The molecule has 7 nitrogen and oxygen atoms in total. The molecule has 5 rings (SSSR count). The second-order valence-corrected chi connectivity index (χ2v) is 8.08. The summed E-state index contributed by atoms with van der Waals surface area (Å²) in [6.07, 6.45) is 0.645. The molecule has 0 bridgehead atoms. The predicted octanol–water partition coefficient (Wildman–Crippen LogP) is 3.96. The molecule has 1 spiro atoms. The summed E-state index contributed by atoms with van der Waals surface area (Å²) < 4.78 is 12.3. The molecule has 1 aliphatic carbocycles. The molecule has 1 saturated carbocycles. The van der Waals surface area contributed by atoms with Crippen LogP contribution >= 0.6 is 0 Å². The third-order valence-electron chi connectivity index (χ3n) is 5.67. The van der Waals surface area contributed by atoms with Gasteiger partial charge in [-0.15, -0.1) is 0 Å². The molecule has 0 radical (unpaired) electrons. The van der Waals surface area contributed by atoms with E-state index in [1.165, 1.54) is 0 Å². The number of rotatable bonds is 6. The molecule has 0 saturated heterocycles. The maximum absolute atomic E-state index is 12.6. The van der Waals surface area contributed by atoms with Crippen molar-refractivity contribution in [3.05, 3.63) is 83.9 Å². The summed E-state index contributed by atoms with van der Waals surface area (Å²) in [4.78, 5) is 23.4. The van der Waals surface area contributed by atoms with Crippen molar-refractivity contribution in [2.24, 2.45) is 0 Å². The molecule has 0 aromatic heterocycles. The first kappa shape index (κ1) is 19.9. The van der Waals surface area contributed by atoms with E-state index in [4.69, 9.17) is 14.6 Å². The maximum atomic E-state index is 12.6. The van der Waals surface area contributed by atoms with E-state index in [0.29, 0.717) is 29.1 Å². The first-order valence-corrected chi connectivity index (χ1v) is 10.4.